The molecule has 5 heterocycles. The maximum absolute atomic E-state index is 14.0. The molecule has 1 N–H and O–H groups in total. The number of esters is 1. The molecule has 3 unspecified atom stereocenters. The van der Waals surface area contributed by atoms with Crippen molar-refractivity contribution in [1.82, 2.24) is 28.3 Å². The largest absolute Gasteiger partial charge is 0.455 e. The van der Waals surface area contributed by atoms with Gasteiger partial charge >= 0.3 is 28.7 Å². The Morgan fingerprint density at radius 1 is 0.936 bits per heavy atom. The average Bonchev–Trinajstić information content (AvgIpc) is 3.90. The molecule has 244 valence electrons. The molecule has 0 bridgehead atoms. The van der Waals surface area contributed by atoms with Crippen LogP contribution in [0.2, 0.25) is 0 Å². The number of hydrogen-bond donors (Lipinski definition) is 1. The van der Waals surface area contributed by atoms with Crippen molar-refractivity contribution >= 4 is 11.7 Å². The van der Waals surface area contributed by atoms with Gasteiger partial charge in [-0.1, -0.05) is 43.5 Å². The number of nitrogens with one attached hydrogen (secondary N) is 1. The molecule has 2 aliphatic carbocycles. The number of fused-ring (bicyclic) bond motifs is 5. The molecule has 13 nitrogen and oxygen atoms in total. The van der Waals surface area contributed by atoms with E-state index in [2.05, 4.69) is 18.3 Å². The Morgan fingerprint density at radius 2 is 1.70 bits per heavy atom. The van der Waals surface area contributed by atoms with E-state index in [1.165, 1.54) is 18.6 Å². The summed E-state index contributed by atoms with van der Waals surface area (Å²) in [6.45, 7) is 10.4. The van der Waals surface area contributed by atoms with Crippen LogP contribution in [0.5, 0.6) is 0 Å². The van der Waals surface area contributed by atoms with Crippen molar-refractivity contribution < 1.29 is 14.3 Å². The van der Waals surface area contributed by atoms with Crippen LogP contribution in [0.3, 0.4) is 0 Å². The van der Waals surface area contributed by atoms with Crippen LogP contribution in [-0.2, 0) is 27.4 Å². The number of carbonyl (C=O) groups excluding carboxylic acids is 1. The Morgan fingerprint density at radius 3 is 2.47 bits per heavy atom. The summed E-state index contributed by atoms with van der Waals surface area (Å²) in [5.41, 5.74) is -1.09. The number of rotatable bonds is 3. The fourth-order valence-electron chi connectivity index (χ4n) is 7.63. The van der Waals surface area contributed by atoms with Crippen LogP contribution in [0.1, 0.15) is 45.1 Å². The summed E-state index contributed by atoms with van der Waals surface area (Å²) in [6, 6.07) is 7.83. The van der Waals surface area contributed by atoms with Gasteiger partial charge in [0, 0.05) is 18.0 Å². The molecular formula is C34H36N6O7. The van der Waals surface area contributed by atoms with E-state index >= 15 is 0 Å². The van der Waals surface area contributed by atoms with Gasteiger partial charge in [-0.2, -0.15) is 0 Å². The fraction of sp³-hybridized carbons (Fsp3) is 0.441. The minimum atomic E-state index is -0.763. The van der Waals surface area contributed by atoms with E-state index in [4.69, 9.17) is 9.47 Å². The SMILES string of the molecule is C=C1Cn2c(=O)n(C3=CC4CC4C=C3)c(=O)n2CCC[C@H]2C(=C)C(=O)O[C@@H]2[C@H]2O[C@]2(C)CCC1n1[nH]c(=O)n(-c2ccccc2)c1=O. The molecule has 2 aromatic heterocycles. The Bertz CT molecular complexity index is 2140. The molecular weight excluding hydrogens is 604 g/mol. The second kappa shape index (κ2) is 10.6. The van der Waals surface area contributed by atoms with Crippen molar-refractivity contribution in [3.63, 3.8) is 0 Å². The van der Waals surface area contributed by atoms with Gasteiger partial charge in [-0.05, 0) is 74.6 Å². The minimum Gasteiger partial charge on any atom is -0.455 e. The van der Waals surface area contributed by atoms with Gasteiger partial charge in [0.2, 0.25) is 0 Å². The van der Waals surface area contributed by atoms with Crippen LogP contribution in [0, 0.1) is 17.8 Å². The number of carbonyl (C=O) groups is 1. The fourth-order valence-corrected chi connectivity index (χ4v) is 7.63. The highest BCUT2D eigenvalue weighted by atomic mass is 16.6. The molecule has 2 saturated heterocycles. The van der Waals surface area contributed by atoms with Crippen molar-refractivity contribution in [3.8, 4) is 5.69 Å². The first-order valence-corrected chi connectivity index (χ1v) is 16.1. The number of H-pyrrole nitrogens is 1. The molecule has 0 radical (unpaired) electrons. The lowest BCUT2D eigenvalue weighted by Gasteiger charge is -2.23. The Hall–Kier alpha value is -4.91. The normalized spacial score (nSPS) is 31.6. The second-order valence-corrected chi connectivity index (χ2v) is 13.5. The van der Waals surface area contributed by atoms with Crippen LogP contribution >= 0.6 is 0 Å². The maximum atomic E-state index is 14.0. The number of aromatic amines is 1. The molecule has 1 aromatic carbocycles. The van der Waals surface area contributed by atoms with Crippen LogP contribution in [0.4, 0.5) is 0 Å². The first kappa shape index (κ1) is 29.5. The Labute approximate surface area is 268 Å². The summed E-state index contributed by atoms with van der Waals surface area (Å²) in [5.74, 6) is -0.00812. The summed E-state index contributed by atoms with van der Waals surface area (Å²) < 4.78 is 18.2. The zero-order valence-corrected chi connectivity index (χ0v) is 26.0. The van der Waals surface area contributed by atoms with Crippen molar-refractivity contribution in [2.45, 2.75) is 76.0 Å². The summed E-state index contributed by atoms with van der Waals surface area (Å²) >= 11 is 0. The molecule has 3 fully saturated rings. The molecule has 47 heavy (non-hydrogen) atoms. The number of hydrogen-bond acceptors (Lipinski definition) is 7. The molecule has 0 amide bonds. The van der Waals surface area contributed by atoms with Crippen LogP contribution in [-0.4, -0.2) is 52.1 Å². The molecule has 0 spiro atoms. The lowest BCUT2D eigenvalue weighted by molar-refractivity contribution is -0.140. The van der Waals surface area contributed by atoms with Gasteiger partial charge in [-0.3, -0.25) is 0 Å². The third kappa shape index (κ3) is 4.74. The van der Waals surface area contributed by atoms with Gasteiger partial charge in [0.25, 0.3) is 0 Å². The van der Waals surface area contributed by atoms with E-state index in [-0.39, 0.29) is 25.1 Å². The van der Waals surface area contributed by atoms with Crippen molar-refractivity contribution in [1.29, 1.82) is 0 Å². The summed E-state index contributed by atoms with van der Waals surface area (Å²) in [5, 5.41) is 2.70. The number of ether oxygens (including phenoxy) is 2. The van der Waals surface area contributed by atoms with Crippen LogP contribution < -0.4 is 22.8 Å². The van der Waals surface area contributed by atoms with Gasteiger partial charge in [0.1, 0.15) is 12.2 Å². The number of epoxide rings is 1. The molecule has 7 atom stereocenters. The molecule has 1 saturated carbocycles. The Kier molecular flexibility index (Phi) is 6.62. The summed E-state index contributed by atoms with van der Waals surface area (Å²) in [4.78, 5) is 67.6. The maximum Gasteiger partial charge on any atom is 0.352 e. The smallest absolute Gasteiger partial charge is 0.352 e. The van der Waals surface area contributed by atoms with Crippen molar-refractivity contribution in [2.75, 3.05) is 0 Å². The quantitative estimate of drug-likeness (QED) is 0.200. The van der Waals surface area contributed by atoms with Gasteiger partial charge in [-0.25, -0.2) is 52.3 Å². The highest BCUT2D eigenvalue weighted by Crippen LogP contribution is 2.50. The zero-order valence-electron chi connectivity index (χ0n) is 26.0. The van der Waals surface area contributed by atoms with E-state index in [0.717, 1.165) is 11.0 Å². The summed E-state index contributed by atoms with van der Waals surface area (Å²) in [7, 11) is 0. The molecule has 5 aliphatic rings. The first-order chi connectivity index (χ1) is 22.6. The second-order valence-electron chi connectivity index (χ2n) is 13.5. The predicted octanol–water partition coefficient (Wildman–Crippen LogP) is 2.13. The number of allylic oxidation sites excluding steroid dienone is 5. The molecule has 8 rings (SSSR count). The first-order valence-electron chi connectivity index (χ1n) is 16.1. The molecule has 3 aliphatic heterocycles. The van der Waals surface area contributed by atoms with E-state index in [0.29, 0.717) is 60.0 Å². The van der Waals surface area contributed by atoms with Crippen LogP contribution in [0.15, 0.2) is 92.0 Å². The topological polar surface area (TPSA) is 148 Å². The van der Waals surface area contributed by atoms with Gasteiger partial charge < -0.3 is 9.47 Å². The van der Waals surface area contributed by atoms with Gasteiger partial charge in [0.15, 0.2) is 0 Å². The van der Waals surface area contributed by atoms with Crippen molar-refractivity contribution in [3.05, 3.63) is 115 Å². The highest BCUT2D eigenvalue weighted by Gasteiger charge is 2.61. The number of para-hydroxylation sites is 1. The lowest BCUT2D eigenvalue weighted by Crippen LogP contribution is -2.34. The molecule has 13 heteroatoms. The predicted molar refractivity (Wildman–Crippen MR) is 171 cm³/mol. The number of aromatic nitrogens is 6. The third-order valence-electron chi connectivity index (χ3n) is 10.5. The number of benzene rings is 1. The Balaban J connectivity index is 1.23. The van der Waals surface area contributed by atoms with E-state index < -0.39 is 46.5 Å². The zero-order chi connectivity index (χ0) is 32.8. The van der Waals surface area contributed by atoms with Crippen LogP contribution in [0.25, 0.3) is 11.4 Å². The summed E-state index contributed by atoms with van der Waals surface area (Å²) in [6.07, 6.45) is 7.62. The standard InChI is InChI=1S/C34H36N6O7/c1-19-18-37-32(44)39(24-12-11-21-16-22(21)17-24)31(43)36(37)15-7-10-25-20(2)29(41)46-27(25)28-34(3,47-28)14-13-26(19)40-33(45)38(30(42)35-40)23-8-5-4-6-9-23/h4-6,8-9,11-12,17,21-22,25-28H,1-2,7,10,13-16,18H2,3H3,(H,35,42)/t21?,22?,25-,26?,27-,28+,34+/m0/s1. The monoisotopic (exact) mass is 640 g/mol. The van der Waals surface area contributed by atoms with Gasteiger partial charge in [-0.15, -0.1) is 0 Å². The van der Waals surface area contributed by atoms with E-state index in [1.807, 2.05) is 25.2 Å². The highest BCUT2D eigenvalue weighted by molar-refractivity contribution is 5.91. The number of nitrogens with zero attached hydrogens (tertiary/aromatic N) is 5. The van der Waals surface area contributed by atoms with Gasteiger partial charge in [0.05, 0.1) is 29.6 Å². The van der Waals surface area contributed by atoms with E-state index in [9.17, 15) is 24.0 Å². The van der Waals surface area contributed by atoms with Crippen molar-refractivity contribution in [2.24, 2.45) is 17.8 Å². The molecule has 3 aromatic rings. The lowest BCUT2D eigenvalue weighted by atomic mass is 9.85. The van der Waals surface area contributed by atoms with E-state index in [1.54, 1.807) is 30.3 Å². The third-order valence-corrected chi connectivity index (χ3v) is 10.5. The minimum absolute atomic E-state index is 0.0683. The average molecular weight is 641 g/mol.